The molecular weight excluding hydrogens is 431 g/mol. The van der Waals surface area contributed by atoms with Crippen molar-refractivity contribution in [3.05, 3.63) is 42.5 Å². The molecule has 0 radical (unpaired) electrons. The van der Waals surface area contributed by atoms with Crippen LogP contribution in [-0.4, -0.2) is 59.5 Å². The highest BCUT2D eigenvalue weighted by Crippen LogP contribution is 2.16. The largest absolute Gasteiger partial charge is 0.384 e. The standard InChI is InChI=1S/C17H24N6O.HI/c1-18-17(22-8-7-15(10-22)11-24-2)20-9-14-3-5-16(6-4-14)23-13-19-12-21-23;/h3-6,12-13,15H,7-11H2,1-2H3,(H,18,20);1H. The molecule has 0 aliphatic carbocycles. The first-order valence-corrected chi connectivity index (χ1v) is 8.18. The normalized spacial score (nSPS) is 17.4. The van der Waals surface area contributed by atoms with E-state index in [1.165, 1.54) is 11.9 Å². The van der Waals surface area contributed by atoms with Gasteiger partial charge in [-0.1, -0.05) is 12.1 Å². The lowest BCUT2D eigenvalue weighted by Crippen LogP contribution is -2.39. The van der Waals surface area contributed by atoms with E-state index < -0.39 is 0 Å². The zero-order valence-electron chi connectivity index (χ0n) is 14.6. The molecule has 1 atom stereocenters. The maximum atomic E-state index is 5.26. The van der Waals surface area contributed by atoms with E-state index >= 15 is 0 Å². The fraction of sp³-hybridized carbons (Fsp3) is 0.471. The minimum Gasteiger partial charge on any atom is -0.384 e. The number of nitrogens with one attached hydrogen (secondary N) is 1. The fourth-order valence-corrected chi connectivity index (χ4v) is 3.02. The molecule has 2 heterocycles. The van der Waals surface area contributed by atoms with Crippen molar-refractivity contribution in [3.8, 4) is 5.69 Å². The van der Waals surface area contributed by atoms with Crippen molar-refractivity contribution in [1.29, 1.82) is 0 Å². The Morgan fingerprint density at radius 1 is 1.36 bits per heavy atom. The van der Waals surface area contributed by atoms with Crippen molar-refractivity contribution in [2.24, 2.45) is 10.9 Å². The first-order valence-electron chi connectivity index (χ1n) is 8.18. The first-order chi connectivity index (χ1) is 11.8. The Hall–Kier alpha value is -1.68. The van der Waals surface area contributed by atoms with Crippen LogP contribution in [0.15, 0.2) is 41.9 Å². The van der Waals surface area contributed by atoms with Crippen LogP contribution in [0.25, 0.3) is 5.69 Å². The van der Waals surface area contributed by atoms with E-state index in [0.29, 0.717) is 5.92 Å². The van der Waals surface area contributed by atoms with Gasteiger partial charge in [-0.05, 0) is 24.1 Å². The highest BCUT2D eigenvalue weighted by molar-refractivity contribution is 14.0. The van der Waals surface area contributed by atoms with Crippen molar-refractivity contribution in [1.82, 2.24) is 25.0 Å². The van der Waals surface area contributed by atoms with E-state index in [0.717, 1.165) is 44.3 Å². The number of methoxy groups -OCH3 is 1. The van der Waals surface area contributed by atoms with Gasteiger partial charge in [-0.25, -0.2) is 9.67 Å². The number of aromatic nitrogens is 3. The first kappa shape index (κ1) is 19.6. The van der Waals surface area contributed by atoms with Crippen LogP contribution in [0.1, 0.15) is 12.0 Å². The molecule has 1 N–H and O–H groups in total. The van der Waals surface area contributed by atoms with Crippen LogP contribution in [0.2, 0.25) is 0 Å². The third-order valence-electron chi connectivity index (χ3n) is 4.27. The van der Waals surface area contributed by atoms with E-state index in [1.807, 2.05) is 19.2 Å². The van der Waals surface area contributed by atoms with Crippen LogP contribution in [-0.2, 0) is 11.3 Å². The molecule has 0 bridgehead atoms. The van der Waals surface area contributed by atoms with Crippen molar-refractivity contribution >= 4 is 29.9 Å². The van der Waals surface area contributed by atoms with E-state index in [-0.39, 0.29) is 24.0 Å². The van der Waals surface area contributed by atoms with Gasteiger partial charge in [0.1, 0.15) is 12.7 Å². The molecule has 136 valence electrons. The van der Waals surface area contributed by atoms with Crippen LogP contribution in [0, 0.1) is 5.92 Å². The van der Waals surface area contributed by atoms with Crippen molar-refractivity contribution < 1.29 is 4.74 Å². The van der Waals surface area contributed by atoms with E-state index in [4.69, 9.17) is 4.74 Å². The van der Waals surface area contributed by atoms with Gasteiger partial charge in [0.15, 0.2) is 5.96 Å². The molecule has 3 rings (SSSR count). The number of ether oxygens (including phenoxy) is 1. The predicted molar refractivity (Wildman–Crippen MR) is 109 cm³/mol. The Labute approximate surface area is 165 Å². The summed E-state index contributed by atoms with van der Waals surface area (Å²) in [5.74, 6) is 1.55. The fourth-order valence-electron chi connectivity index (χ4n) is 3.02. The molecule has 0 spiro atoms. The van der Waals surface area contributed by atoms with Crippen LogP contribution in [0.3, 0.4) is 0 Å². The second kappa shape index (κ2) is 9.71. The van der Waals surface area contributed by atoms with E-state index in [1.54, 1.807) is 18.1 Å². The summed E-state index contributed by atoms with van der Waals surface area (Å²) in [4.78, 5) is 10.7. The van der Waals surface area contributed by atoms with Crippen LogP contribution >= 0.6 is 24.0 Å². The van der Waals surface area contributed by atoms with Gasteiger partial charge in [0.25, 0.3) is 0 Å². The predicted octanol–water partition coefficient (Wildman–Crippen LogP) is 1.93. The molecule has 7 nitrogen and oxygen atoms in total. The van der Waals surface area contributed by atoms with Gasteiger partial charge in [-0.3, -0.25) is 4.99 Å². The van der Waals surface area contributed by atoms with Gasteiger partial charge < -0.3 is 15.0 Å². The lowest BCUT2D eigenvalue weighted by Gasteiger charge is -2.21. The Kier molecular flexibility index (Phi) is 7.63. The second-order valence-electron chi connectivity index (χ2n) is 5.96. The molecule has 1 fully saturated rings. The van der Waals surface area contributed by atoms with Gasteiger partial charge in [0.2, 0.25) is 0 Å². The van der Waals surface area contributed by atoms with Gasteiger partial charge in [-0.15, -0.1) is 24.0 Å². The molecule has 1 aliphatic heterocycles. The number of halogens is 1. The van der Waals surface area contributed by atoms with Crippen molar-refractivity contribution in [2.45, 2.75) is 13.0 Å². The molecule has 1 aromatic heterocycles. The Morgan fingerprint density at radius 2 is 2.16 bits per heavy atom. The quantitative estimate of drug-likeness (QED) is 0.423. The average Bonchev–Trinajstić information content (AvgIpc) is 3.29. The van der Waals surface area contributed by atoms with Crippen LogP contribution in [0.4, 0.5) is 0 Å². The summed E-state index contributed by atoms with van der Waals surface area (Å²) in [6, 6.07) is 8.27. The third kappa shape index (κ3) is 5.15. The van der Waals surface area contributed by atoms with Gasteiger partial charge in [0, 0.05) is 39.7 Å². The van der Waals surface area contributed by atoms with Gasteiger partial charge in [-0.2, -0.15) is 5.10 Å². The summed E-state index contributed by atoms with van der Waals surface area (Å²) >= 11 is 0. The third-order valence-corrected chi connectivity index (χ3v) is 4.27. The molecule has 1 aromatic carbocycles. The number of aliphatic imine (C=N–C) groups is 1. The van der Waals surface area contributed by atoms with Gasteiger partial charge in [0.05, 0.1) is 12.3 Å². The summed E-state index contributed by atoms with van der Waals surface area (Å²) < 4.78 is 7.01. The Balaban J connectivity index is 0.00000225. The number of guanidine groups is 1. The van der Waals surface area contributed by atoms with Crippen LogP contribution in [0.5, 0.6) is 0 Å². The minimum atomic E-state index is 0. The molecule has 1 unspecified atom stereocenters. The zero-order valence-corrected chi connectivity index (χ0v) is 17.0. The number of likely N-dealkylation sites (tertiary alicyclic amines) is 1. The minimum absolute atomic E-state index is 0. The maximum Gasteiger partial charge on any atom is 0.193 e. The maximum absolute atomic E-state index is 5.26. The SMILES string of the molecule is CN=C(NCc1ccc(-n2cncn2)cc1)N1CCC(COC)C1.I. The summed E-state index contributed by atoms with van der Waals surface area (Å²) in [5, 5.41) is 7.58. The number of hydrogen-bond acceptors (Lipinski definition) is 4. The molecule has 0 amide bonds. The van der Waals surface area contributed by atoms with Crippen molar-refractivity contribution in [2.75, 3.05) is 33.9 Å². The Morgan fingerprint density at radius 3 is 2.80 bits per heavy atom. The monoisotopic (exact) mass is 456 g/mol. The molecule has 2 aromatic rings. The highest BCUT2D eigenvalue weighted by atomic mass is 127. The highest BCUT2D eigenvalue weighted by Gasteiger charge is 2.24. The summed E-state index contributed by atoms with van der Waals surface area (Å²) in [5.41, 5.74) is 2.20. The topological polar surface area (TPSA) is 67.6 Å². The molecular formula is C17H25IN6O. The molecule has 25 heavy (non-hydrogen) atoms. The average molecular weight is 456 g/mol. The zero-order chi connectivity index (χ0) is 16.8. The smallest absolute Gasteiger partial charge is 0.193 e. The lowest BCUT2D eigenvalue weighted by molar-refractivity contribution is 0.157. The molecule has 0 saturated carbocycles. The molecule has 1 aliphatic rings. The second-order valence-corrected chi connectivity index (χ2v) is 5.96. The van der Waals surface area contributed by atoms with Gasteiger partial charge >= 0.3 is 0 Å². The number of nitrogens with zero attached hydrogens (tertiary/aromatic N) is 5. The Bertz CT molecular complexity index is 658. The molecule has 1 saturated heterocycles. The number of rotatable bonds is 5. The van der Waals surface area contributed by atoms with Crippen molar-refractivity contribution in [3.63, 3.8) is 0 Å². The lowest BCUT2D eigenvalue weighted by atomic mass is 10.1. The van der Waals surface area contributed by atoms with E-state index in [2.05, 4.69) is 37.4 Å². The van der Waals surface area contributed by atoms with Crippen LogP contribution < -0.4 is 5.32 Å². The summed E-state index contributed by atoms with van der Waals surface area (Å²) in [7, 11) is 3.60. The summed E-state index contributed by atoms with van der Waals surface area (Å²) in [6.07, 6.45) is 4.38. The molecule has 8 heteroatoms. The number of benzene rings is 1. The summed E-state index contributed by atoms with van der Waals surface area (Å²) in [6.45, 7) is 3.59. The number of hydrogen-bond donors (Lipinski definition) is 1. The van der Waals surface area contributed by atoms with E-state index in [9.17, 15) is 0 Å².